The van der Waals surface area contributed by atoms with Crippen molar-refractivity contribution in [3.05, 3.63) is 66.0 Å². The van der Waals surface area contributed by atoms with Crippen LogP contribution >= 0.6 is 11.8 Å². The van der Waals surface area contributed by atoms with Crippen molar-refractivity contribution < 1.29 is 14.6 Å². The zero-order chi connectivity index (χ0) is 18.4. The molecule has 0 spiro atoms. The molecule has 0 radical (unpaired) electrons. The summed E-state index contributed by atoms with van der Waals surface area (Å²) in [6, 6.07) is 17.6. The van der Waals surface area contributed by atoms with E-state index in [1.54, 1.807) is 0 Å². The monoisotopic (exact) mass is 369 g/mol. The Hall–Kier alpha value is -2.80. The molecule has 6 nitrogen and oxygen atoms in total. The van der Waals surface area contributed by atoms with Gasteiger partial charge in [0.1, 0.15) is 12.4 Å². The lowest BCUT2D eigenvalue weighted by Gasteiger charge is -2.11. The molecule has 7 heteroatoms. The molecule has 0 amide bonds. The summed E-state index contributed by atoms with van der Waals surface area (Å²) in [7, 11) is 0. The Kier molecular flexibility index (Phi) is 5.91. The van der Waals surface area contributed by atoms with Crippen molar-refractivity contribution in [2.45, 2.75) is 25.1 Å². The van der Waals surface area contributed by atoms with Gasteiger partial charge in [-0.05, 0) is 36.8 Å². The molecule has 0 saturated carbocycles. The van der Waals surface area contributed by atoms with Crippen LogP contribution in [0.4, 0.5) is 0 Å². The van der Waals surface area contributed by atoms with E-state index in [0.29, 0.717) is 16.7 Å². The van der Waals surface area contributed by atoms with Crippen LogP contribution in [-0.2, 0) is 11.4 Å². The molecule has 0 bridgehead atoms. The molecule has 3 aromatic rings. The predicted molar refractivity (Wildman–Crippen MR) is 99.8 cm³/mol. The van der Waals surface area contributed by atoms with Crippen molar-refractivity contribution in [2.24, 2.45) is 0 Å². The van der Waals surface area contributed by atoms with Crippen molar-refractivity contribution in [2.75, 3.05) is 5.75 Å². The first-order valence-corrected chi connectivity index (χ1v) is 9.16. The second-order valence-corrected chi connectivity index (χ2v) is 6.73. The first-order chi connectivity index (χ1) is 12.6. The van der Waals surface area contributed by atoms with E-state index >= 15 is 0 Å². The molecule has 3 rings (SSSR count). The Balaban J connectivity index is 1.82. The average molecular weight is 369 g/mol. The number of hydrogen-bond acceptors (Lipinski definition) is 5. The zero-order valence-corrected chi connectivity index (χ0v) is 15.1. The highest BCUT2D eigenvalue weighted by Crippen LogP contribution is 2.23. The Labute approximate surface area is 155 Å². The van der Waals surface area contributed by atoms with Gasteiger partial charge in [0.05, 0.1) is 6.42 Å². The number of carbonyl (C=O) groups is 1. The van der Waals surface area contributed by atoms with Crippen LogP contribution < -0.4 is 4.74 Å². The molecule has 26 heavy (non-hydrogen) atoms. The molecule has 0 fully saturated rings. The molecule has 0 aliphatic heterocycles. The summed E-state index contributed by atoms with van der Waals surface area (Å²) in [4.78, 5) is 10.8. The van der Waals surface area contributed by atoms with Crippen LogP contribution in [-0.4, -0.2) is 31.6 Å². The van der Waals surface area contributed by atoms with Gasteiger partial charge in [-0.15, -0.1) is 10.2 Å². The molecule has 0 saturated heterocycles. The van der Waals surface area contributed by atoms with E-state index in [-0.39, 0.29) is 13.0 Å². The number of nitrogens with zero attached hydrogens (tertiary/aromatic N) is 3. The maximum atomic E-state index is 10.8. The third-order valence-corrected chi connectivity index (χ3v) is 4.55. The fourth-order valence-electron chi connectivity index (χ4n) is 2.41. The fraction of sp³-hybridized carbons (Fsp3) is 0.211. The second kappa shape index (κ2) is 8.53. The number of thioether (sulfide) groups is 1. The quantitative estimate of drug-likeness (QED) is 0.610. The van der Waals surface area contributed by atoms with Gasteiger partial charge in [-0.25, -0.2) is 0 Å². The number of hydrogen-bond donors (Lipinski definition) is 1. The lowest BCUT2D eigenvalue weighted by Crippen LogP contribution is -2.07. The number of benzene rings is 2. The van der Waals surface area contributed by atoms with E-state index in [1.807, 2.05) is 66.1 Å². The number of para-hydroxylation sites is 1. The first-order valence-electron chi connectivity index (χ1n) is 8.17. The van der Waals surface area contributed by atoms with Crippen LogP contribution in [0.3, 0.4) is 0 Å². The average Bonchev–Trinajstić information content (AvgIpc) is 3.03. The van der Waals surface area contributed by atoms with Crippen LogP contribution in [0.2, 0.25) is 0 Å². The van der Waals surface area contributed by atoms with E-state index in [9.17, 15) is 4.79 Å². The molecule has 2 aromatic carbocycles. The van der Waals surface area contributed by atoms with Gasteiger partial charge < -0.3 is 9.84 Å². The number of aromatic nitrogens is 3. The third-order valence-electron chi connectivity index (χ3n) is 3.62. The van der Waals surface area contributed by atoms with Crippen LogP contribution in [0, 0.1) is 6.92 Å². The summed E-state index contributed by atoms with van der Waals surface area (Å²) in [5, 5.41) is 18.0. The molecule has 0 unspecified atom stereocenters. The molecule has 134 valence electrons. The SMILES string of the molecule is Cc1cccc(OCc2nnc(SCCC(=O)O)n2-c2ccccc2)c1. The maximum Gasteiger partial charge on any atom is 0.304 e. The summed E-state index contributed by atoms with van der Waals surface area (Å²) in [6.45, 7) is 2.28. The molecule has 0 aliphatic rings. The van der Waals surface area contributed by atoms with Crippen molar-refractivity contribution in [3.63, 3.8) is 0 Å². The van der Waals surface area contributed by atoms with E-state index in [2.05, 4.69) is 10.2 Å². The fourth-order valence-corrected chi connectivity index (χ4v) is 3.30. The number of ether oxygens (including phenoxy) is 1. The van der Waals surface area contributed by atoms with Gasteiger partial charge in [0.2, 0.25) is 0 Å². The summed E-state index contributed by atoms with van der Waals surface area (Å²) >= 11 is 1.37. The number of aryl methyl sites for hydroxylation is 1. The maximum absolute atomic E-state index is 10.8. The lowest BCUT2D eigenvalue weighted by molar-refractivity contribution is -0.136. The Morgan fingerprint density at radius 3 is 2.69 bits per heavy atom. The molecule has 1 aromatic heterocycles. The zero-order valence-electron chi connectivity index (χ0n) is 14.3. The van der Waals surface area contributed by atoms with Gasteiger partial charge in [-0.1, -0.05) is 42.1 Å². The lowest BCUT2D eigenvalue weighted by atomic mass is 10.2. The van der Waals surface area contributed by atoms with E-state index in [1.165, 1.54) is 11.8 Å². The van der Waals surface area contributed by atoms with E-state index in [0.717, 1.165) is 17.0 Å². The van der Waals surface area contributed by atoms with E-state index < -0.39 is 5.97 Å². The van der Waals surface area contributed by atoms with Gasteiger partial charge >= 0.3 is 5.97 Å². The minimum Gasteiger partial charge on any atom is -0.486 e. The summed E-state index contributed by atoms with van der Waals surface area (Å²) in [5.74, 6) is 1.04. The highest BCUT2D eigenvalue weighted by atomic mass is 32.2. The number of carboxylic acids is 1. The summed E-state index contributed by atoms with van der Waals surface area (Å²) in [5.41, 5.74) is 2.04. The van der Waals surface area contributed by atoms with E-state index in [4.69, 9.17) is 9.84 Å². The van der Waals surface area contributed by atoms with Gasteiger partial charge in [0.25, 0.3) is 0 Å². The highest BCUT2D eigenvalue weighted by Gasteiger charge is 2.15. The topological polar surface area (TPSA) is 77.2 Å². The molecule has 1 N–H and O–H groups in total. The molecular formula is C19H19N3O3S. The van der Waals surface area contributed by atoms with Gasteiger partial charge in [-0.3, -0.25) is 9.36 Å². The summed E-state index contributed by atoms with van der Waals surface area (Å²) < 4.78 is 7.77. The van der Waals surface area contributed by atoms with Gasteiger partial charge in [0, 0.05) is 11.4 Å². The minimum atomic E-state index is -0.828. The van der Waals surface area contributed by atoms with Crippen LogP contribution in [0.5, 0.6) is 5.75 Å². The normalized spacial score (nSPS) is 10.7. The van der Waals surface area contributed by atoms with Crippen LogP contribution in [0.1, 0.15) is 17.8 Å². The first kappa shape index (κ1) is 18.0. The van der Waals surface area contributed by atoms with Crippen molar-refractivity contribution in [1.29, 1.82) is 0 Å². The minimum absolute atomic E-state index is 0.0709. The molecule has 0 atom stereocenters. The van der Waals surface area contributed by atoms with Gasteiger partial charge in [-0.2, -0.15) is 0 Å². The second-order valence-electron chi connectivity index (χ2n) is 5.67. The van der Waals surface area contributed by atoms with Crippen molar-refractivity contribution >= 4 is 17.7 Å². The largest absolute Gasteiger partial charge is 0.486 e. The van der Waals surface area contributed by atoms with Crippen molar-refractivity contribution in [1.82, 2.24) is 14.8 Å². The molecule has 1 heterocycles. The molecule has 0 aliphatic carbocycles. The number of aliphatic carboxylic acids is 1. The van der Waals surface area contributed by atoms with Crippen molar-refractivity contribution in [3.8, 4) is 11.4 Å². The Bertz CT molecular complexity index is 881. The Morgan fingerprint density at radius 1 is 1.15 bits per heavy atom. The smallest absolute Gasteiger partial charge is 0.304 e. The van der Waals surface area contributed by atoms with Crippen LogP contribution in [0.15, 0.2) is 59.8 Å². The van der Waals surface area contributed by atoms with Crippen LogP contribution in [0.25, 0.3) is 5.69 Å². The molecular weight excluding hydrogens is 350 g/mol. The summed E-state index contributed by atoms with van der Waals surface area (Å²) in [6.07, 6.45) is 0.0709. The Morgan fingerprint density at radius 2 is 1.96 bits per heavy atom. The standard InChI is InChI=1S/C19H19N3O3S/c1-14-6-5-9-16(12-14)25-13-17-20-21-19(26-11-10-18(23)24)22(17)15-7-3-2-4-8-15/h2-9,12H,10-11,13H2,1H3,(H,23,24). The number of carboxylic acid groups (broad SMARTS) is 1. The predicted octanol–water partition coefficient (Wildman–Crippen LogP) is 3.72. The highest BCUT2D eigenvalue weighted by molar-refractivity contribution is 7.99. The third kappa shape index (κ3) is 4.64. The van der Waals surface area contributed by atoms with Gasteiger partial charge in [0.15, 0.2) is 11.0 Å². The number of rotatable bonds is 8.